The second-order valence-corrected chi connectivity index (χ2v) is 8.35. The van der Waals surface area contributed by atoms with Crippen molar-refractivity contribution in [3.8, 4) is 0 Å². The van der Waals surface area contributed by atoms with Crippen molar-refractivity contribution in [1.29, 1.82) is 5.41 Å². The van der Waals surface area contributed by atoms with Gasteiger partial charge in [0.25, 0.3) is 0 Å². The number of aromatic nitrogens is 2. The predicted molar refractivity (Wildman–Crippen MR) is 138 cm³/mol. The molecule has 0 saturated carbocycles. The number of nitrogens with one attached hydrogen (secondary N) is 2. The first kappa shape index (κ1) is 24.1. The lowest BCUT2D eigenvalue weighted by Crippen LogP contribution is -2.35. The van der Waals surface area contributed by atoms with Gasteiger partial charge in [-0.3, -0.25) is 5.84 Å². The first-order valence-electron chi connectivity index (χ1n) is 11.1. The molecule has 0 spiro atoms. The van der Waals surface area contributed by atoms with Crippen LogP contribution >= 0.6 is 0 Å². The highest BCUT2D eigenvalue weighted by Crippen LogP contribution is 2.28. The Labute approximate surface area is 195 Å². The van der Waals surface area contributed by atoms with E-state index in [1.807, 2.05) is 42.6 Å². The van der Waals surface area contributed by atoms with E-state index in [2.05, 4.69) is 41.8 Å². The number of aromatic amines is 1. The molecule has 0 amide bonds. The van der Waals surface area contributed by atoms with Crippen LogP contribution in [0.1, 0.15) is 50.8 Å². The highest BCUT2D eigenvalue weighted by atomic mass is 15.4. The molecule has 33 heavy (non-hydrogen) atoms. The molecule has 7 nitrogen and oxygen atoms in total. The minimum absolute atomic E-state index is 0.308. The summed E-state index contributed by atoms with van der Waals surface area (Å²) in [6, 6.07) is 11.9. The summed E-state index contributed by atoms with van der Waals surface area (Å²) in [6.07, 6.45) is 6.57. The summed E-state index contributed by atoms with van der Waals surface area (Å²) < 4.78 is 0. The van der Waals surface area contributed by atoms with E-state index in [4.69, 9.17) is 17.0 Å². The Morgan fingerprint density at radius 3 is 2.58 bits per heavy atom. The number of pyridine rings is 1. The fourth-order valence-electron chi connectivity index (χ4n) is 3.67. The number of hydrogen-bond acceptors (Lipinski definition) is 5. The van der Waals surface area contributed by atoms with Crippen LogP contribution < -0.4 is 11.6 Å². The van der Waals surface area contributed by atoms with Crippen molar-refractivity contribution in [3.63, 3.8) is 0 Å². The van der Waals surface area contributed by atoms with Crippen LogP contribution in [0.5, 0.6) is 0 Å². The molecule has 0 aliphatic carbocycles. The normalized spacial score (nSPS) is 12.4. The van der Waals surface area contributed by atoms with Crippen molar-refractivity contribution in [2.45, 2.75) is 40.7 Å². The van der Waals surface area contributed by atoms with Gasteiger partial charge in [-0.25, -0.2) is 15.0 Å². The zero-order chi connectivity index (χ0) is 24.0. The lowest BCUT2D eigenvalue weighted by molar-refractivity contribution is 0.315. The fraction of sp³-hybridized carbons (Fsp3) is 0.269. The van der Waals surface area contributed by atoms with Gasteiger partial charge < -0.3 is 16.1 Å². The fourth-order valence-corrected chi connectivity index (χ4v) is 3.67. The summed E-state index contributed by atoms with van der Waals surface area (Å²) in [6.45, 7) is 8.96. The Morgan fingerprint density at radius 1 is 1.21 bits per heavy atom. The lowest BCUT2D eigenvalue weighted by Gasteiger charge is -2.17. The smallest absolute Gasteiger partial charge is 0.137 e. The van der Waals surface area contributed by atoms with Crippen LogP contribution in [0.3, 0.4) is 0 Å². The molecule has 0 radical (unpaired) electrons. The van der Waals surface area contributed by atoms with Crippen LogP contribution in [0.4, 0.5) is 0 Å². The van der Waals surface area contributed by atoms with Crippen LogP contribution in [0.15, 0.2) is 71.0 Å². The second kappa shape index (κ2) is 10.8. The maximum Gasteiger partial charge on any atom is 0.137 e. The molecular formula is C26H33N7. The predicted octanol–water partition coefficient (Wildman–Crippen LogP) is 4.77. The monoisotopic (exact) mass is 443 g/mol. The third-order valence-corrected chi connectivity index (χ3v) is 5.38. The van der Waals surface area contributed by atoms with Crippen LogP contribution in [-0.4, -0.2) is 33.1 Å². The van der Waals surface area contributed by atoms with Gasteiger partial charge in [0.05, 0.1) is 23.8 Å². The van der Waals surface area contributed by atoms with Gasteiger partial charge in [0.15, 0.2) is 0 Å². The Bertz CT molecular complexity index is 1210. The van der Waals surface area contributed by atoms with E-state index in [0.29, 0.717) is 24.6 Å². The number of benzene rings is 1. The molecule has 1 aromatic carbocycles. The summed E-state index contributed by atoms with van der Waals surface area (Å²) in [7, 11) is 0. The Hall–Kier alpha value is -3.55. The maximum atomic E-state index is 8.60. The molecule has 0 bridgehead atoms. The average Bonchev–Trinajstić information content (AvgIpc) is 3.20. The number of amidine groups is 1. The number of hydrogen-bond donors (Lipinski definition) is 4. The van der Waals surface area contributed by atoms with Gasteiger partial charge in [-0.1, -0.05) is 42.8 Å². The summed E-state index contributed by atoms with van der Waals surface area (Å²) in [4.78, 5) is 12.4. The zero-order valence-electron chi connectivity index (χ0n) is 19.8. The van der Waals surface area contributed by atoms with Crippen molar-refractivity contribution in [2.24, 2.45) is 16.6 Å². The Balaban J connectivity index is 1.93. The van der Waals surface area contributed by atoms with E-state index in [-0.39, 0.29) is 0 Å². The highest BCUT2D eigenvalue weighted by molar-refractivity contribution is 6.03. The van der Waals surface area contributed by atoms with Crippen molar-refractivity contribution in [2.75, 3.05) is 6.54 Å². The van der Waals surface area contributed by atoms with Crippen LogP contribution in [-0.2, 0) is 6.54 Å². The average molecular weight is 444 g/mol. The number of fused-ring (bicyclic) bond motifs is 1. The molecular weight excluding hydrogens is 410 g/mol. The van der Waals surface area contributed by atoms with Crippen molar-refractivity contribution in [3.05, 3.63) is 82.7 Å². The molecule has 3 rings (SSSR count). The summed E-state index contributed by atoms with van der Waals surface area (Å²) in [5.74, 6) is 6.67. The van der Waals surface area contributed by atoms with Gasteiger partial charge in [0.2, 0.25) is 0 Å². The number of nitrogens with zero attached hydrogens (tertiary/aromatic N) is 3. The summed E-state index contributed by atoms with van der Waals surface area (Å²) in [5.41, 5.74) is 13.0. The number of rotatable bonds is 9. The number of allylic oxidation sites excluding steroid dienone is 3. The van der Waals surface area contributed by atoms with E-state index in [1.54, 1.807) is 18.1 Å². The zero-order valence-corrected chi connectivity index (χ0v) is 19.8. The molecule has 0 atom stereocenters. The van der Waals surface area contributed by atoms with Gasteiger partial charge in [-0.2, -0.15) is 0 Å². The van der Waals surface area contributed by atoms with Gasteiger partial charge in [-0.15, -0.1) is 0 Å². The summed E-state index contributed by atoms with van der Waals surface area (Å²) in [5, 5.41) is 11.1. The number of hydrazine groups is 1. The van der Waals surface area contributed by atoms with Gasteiger partial charge in [0, 0.05) is 35.5 Å². The van der Waals surface area contributed by atoms with Crippen LogP contribution in [0.2, 0.25) is 0 Å². The Morgan fingerprint density at radius 2 is 1.94 bits per heavy atom. The van der Waals surface area contributed by atoms with Crippen molar-refractivity contribution in [1.82, 2.24) is 15.0 Å². The first-order chi connectivity index (χ1) is 15.8. The molecule has 6 N–H and O–H groups in total. The topological polar surface area (TPSA) is 120 Å². The second-order valence-electron chi connectivity index (χ2n) is 8.35. The Kier molecular flexibility index (Phi) is 7.92. The maximum absolute atomic E-state index is 8.60. The number of H-pyrrole nitrogens is 1. The molecule has 0 fully saturated rings. The SMILES string of the molecule is CCC(/C=C(\N=C(C)N)c1c[nH]c2ncc(C(=N)CN(N)Cc3ccccc3)cc12)=C(C)C. The molecule has 2 heterocycles. The third kappa shape index (κ3) is 6.25. The molecule has 172 valence electrons. The molecule has 0 aliphatic rings. The molecule has 2 aromatic heterocycles. The molecule has 0 aliphatic heterocycles. The van der Waals surface area contributed by atoms with Gasteiger partial charge in [0.1, 0.15) is 5.65 Å². The number of aliphatic imine (C=N–C) groups is 1. The van der Waals surface area contributed by atoms with Gasteiger partial charge in [-0.05, 0) is 50.5 Å². The van der Waals surface area contributed by atoms with E-state index in [1.165, 1.54) is 11.1 Å². The van der Waals surface area contributed by atoms with Crippen LogP contribution in [0, 0.1) is 5.41 Å². The van der Waals surface area contributed by atoms with E-state index in [0.717, 1.165) is 39.8 Å². The van der Waals surface area contributed by atoms with Crippen molar-refractivity contribution < 1.29 is 0 Å². The first-order valence-corrected chi connectivity index (χ1v) is 11.1. The minimum Gasteiger partial charge on any atom is -0.387 e. The van der Waals surface area contributed by atoms with E-state index < -0.39 is 0 Å². The van der Waals surface area contributed by atoms with Crippen LogP contribution in [0.25, 0.3) is 16.7 Å². The molecule has 7 heteroatoms. The lowest BCUT2D eigenvalue weighted by atomic mass is 10.0. The third-order valence-electron chi connectivity index (χ3n) is 5.38. The molecule has 3 aromatic rings. The highest BCUT2D eigenvalue weighted by Gasteiger charge is 2.14. The number of nitrogens with two attached hydrogens (primary N) is 2. The summed E-state index contributed by atoms with van der Waals surface area (Å²) >= 11 is 0. The van der Waals surface area contributed by atoms with E-state index in [9.17, 15) is 0 Å². The van der Waals surface area contributed by atoms with E-state index >= 15 is 0 Å². The minimum atomic E-state index is 0.308. The van der Waals surface area contributed by atoms with Crippen molar-refractivity contribution >= 4 is 28.3 Å². The molecule has 0 saturated heterocycles. The molecule has 0 unspecified atom stereocenters. The van der Waals surface area contributed by atoms with Gasteiger partial charge >= 0.3 is 0 Å². The largest absolute Gasteiger partial charge is 0.387 e. The quantitative estimate of drug-likeness (QED) is 0.125. The standard InChI is InChI=1S/C26H33N7/c1-5-20(17(2)3)12-25(32-18(4)27)23-14-31-26-22(23)11-21(13-30-26)24(28)16-33(29)15-19-9-7-6-8-10-19/h6-14,28H,5,15-16,29H2,1-4H3,(H2,27,32)(H,30,31)/b25-12-,28-24?.